The molecule has 3 amide bonds. The molecule has 3 aromatic rings. The number of carboxylic acid groups (broad SMARTS) is 1. The number of ether oxygens (including phenoxy) is 2. The number of benzene rings is 3. The molecular weight excluding hydrogens is 579 g/mol. The van der Waals surface area contributed by atoms with Gasteiger partial charge in [0.1, 0.15) is 13.2 Å². The summed E-state index contributed by atoms with van der Waals surface area (Å²) < 4.78 is 11.6. The molecular formula is C28H22Cl2N2O7S. The number of hydrogen-bond acceptors (Lipinski definition) is 7. The van der Waals surface area contributed by atoms with Crippen molar-refractivity contribution < 1.29 is 33.8 Å². The first-order valence-corrected chi connectivity index (χ1v) is 13.4. The second-order valence-electron chi connectivity index (χ2n) is 8.35. The number of imide groups is 1. The van der Waals surface area contributed by atoms with Crippen LogP contribution in [0, 0.1) is 0 Å². The minimum Gasteiger partial charge on any atom is -0.490 e. The Morgan fingerprint density at radius 3 is 2.52 bits per heavy atom. The van der Waals surface area contributed by atoms with E-state index in [1.807, 2.05) is 0 Å². The van der Waals surface area contributed by atoms with Crippen molar-refractivity contribution in [1.29, 1.82) is 0 Å². The number of carboxylic acids is 1. The summed E-state index contributed by atoms with van der Waals surface area (Å²) in [5.74, 6) is -1.71. The quantitative estimate of drug-likeness (QED) is 0.258. The summed E-state index contributed by atoms with van der Waals surface area (Å²) in [6, 6.07) is 16.1. The number of nitrogens with one attached hydrogen (secondary N) is 1. The summed E-state index contributed by atoms with van der Waals surface area (Å²) in [6.45, 7) is 1.63. The average Bonchev–Trinajstić information content (AvgIpc) is 3.17. The van der Waals surface area contributed by atoms with Gasteiger partial charge in [0, 0.05) is 0 Å². The molecule has 3 aromatic carbocycles. The van der Waals surface area contributed by atoms with E-state index in [-0.39, 0.29) is 27.8 Å². The molecule has 12 heteroatoms. The number of rotatable bonds is 10. The van der Waals surface area contributed by atoms with Crippen LogP contribution < -0.4 is 14.8 Å². The van der Waals surface area contributed by atoms with Crippen molar-refractivity contribution in [3.8, 4) is 11.5 Å². The number of para-hydroxylation sites is 1. The molecule has 1 aliphatic heterocycles. The maximum absolute atomic E-state index is 13.0. The molecule has 0 atom stereocenters. The van der Waals surface area contributed by atoms with Crippen molar-refractivity contribution in [2.75, 3.05) is 18.5 Å². The van der Waals surface area contributed by atoms with Gasteiger partial charge >= 0.3 is 5.97 Å². The van der Waals surface area contributed by atoms with Gasteiger partial charge in [-0.3, -0.25) is 19.3 Å². The fourth-order valence-corrected chi connectivity index (χ4v) is 5.00. The lowest BCUT2D eigenvalue weighted by Gasteiger charge is -2.15. The maximum Gasteiger partial charge on any atom is 0.335 e. The van der Waals surface area contributed by atoms with Crippen molar-refractivity contribution in [1.82, 2.24) is 4.90 Å². The molecule has 1 aliphatic rings. The molecule has 9 nitrogen and oxygen atoms in total. The number of anilines is 1. The van der Waals surface area contributed by atoms with Crippen LogP contribution in [0.3, 0.4) is 0 Å². The van der Waals surface area contributed by atoms with Gasteiger partial charge in [-0.25, -0.2) is 4.79 Å². The highest BCUT2D eigenvalue weighted by Gasteiger charge is 2.36. The van der Waals surface area contributed by atoms with E-state index in [0.29, 0.717) is 46.0 Å². The van der Waals surface area contributed by atoms with Gasteiger partial charge < -0.3 is 19.9 Å². The average molecular weight is 601 g/mol. The summed E-state index contributed by atoms with van der Waals surface area (Å²) >= 11 is 13.2. The van der Waals surface area contributed by atoms with Crippen molar-refractivity contribution in [2.24, 2.45) is 0 Å². The van der Waals surface area contributed by atoms with E-state index in [9.17, 15) is 24.3 Å². The van der Waals surface area contributed by atoms with Crippen molar-refractivity contribution in [2.45, 2.75) is 13.5 Å². The monoisotopic (exact) mass is 600 g/mol. The third-order valence-electron chi connectivity index (χ3n) is 5.51. The molecule has 2 N–H and O–H groups in total. The summed E-state index contributed by atoms with van der Waals surface area (Å²) in [6.07, 6.45) is 1.48. The van der Waals surface area contributed by atoms with Crippen molar-refractivity contribution >= 4 is 69.8 Å². The van der Waals surface area contributed by atoms with E-state index in [1.165, 1.54) is 18.2 Å². The third kappa shape index (κ3) is 6.95. The van der Waals surface area contributed by atoms with Gasteiger partial charge in [-0.15, -0.1) is 0 Å². The van der Waals surface area contributed by atoms with Gasteiger partial charge in [0.2, 0.25) is 5.91 Å². The van der Waals surface area contributed by atoms with Gasteiger partial charge in [0.25, 0.3) is 11.1 Å². The van der Waals surface area contributed by atoms with E-state index < -0.39 is 29.6 Å². The van der Waals surface area contributed by atoms with Crippen molar-refractivity contribution in [3.05, 3.63) is 92.3 Å². The van der Waals surface area contributed by atoms with Crippen LogP contribution in [0.2, 0.25) is 10.0 Å². The molecule has 1 heterocycles. The van der Waals surface area contributed by atoms with Crippen LogP contribution in [0.1, 0.15) is 28.4 Å². The van der Waals surface area contributed by atoms with Crippen LogP contribution in [-0.4, -0.2) is 46.2 Å². The molecule has 0 spiro atoms. The van der Waals surface area contributed by atoms with Crippen LogP contribution in [0.5, 0.6) is 11.5 Å². The number of carbonyl (C=O) groups is 4. The molecule has 0 aromatic heterocycles. The molecule has 0 aliphatic carbocycles. The first-order valence-electron chi connectivity index (χ1n) is 11.9. The Morgan fingerprint density at radius 1 is 1.02 bits per heavy atom. The van der Waals surface area contributed by atoms with Crippen LogP contribution in [0.15, 0.2) is 65.6 Å². The molecule has 1 fully saturated rings. The predicted molar refractivity (Wildman–Crippen MR) is 153 cm³/mol. The third-order valence-corrected chi connectivity index (χ3v) is 7.03. The highest BCUT2D eigenvalue weighted by Crippen LogP contribution is 2.39. The molecule has 0 unspecified atom stereocenters. The number of amides is 3. The number of nitrogens with zero attached hydrogens (tertiary/aromatic N) is 1. The second kappa shape index (κ2) is 12.9. The van der Waals surface area contributed by atoms with Gasteiger partial charge in [0.15, 0.2) is 11.5 Å². The summed E-state index contributed by atoms with van der Waals surface area (Å²) in [7, 11) is 0. The van der Waals surface area contributed by atoms with E-state index in [4.69, 9.17) is 32.7 Å². The number of carbonyl (C=O) groups excluding carboxylic acids is 3. The first kappa shape index (κ1) is 29.0. The fraction of sp³-hybridized carbons (Fsp3) is 0.143. The number of aromatic carboxylic acids is 1. The topological polar surface area (TPSA) is 122 Å². The fourth-order valence-electron chi connectivity index (χ4n) is 3.71. The predicted octanol–water partition coefficient (Wildman–Crippen LogP) is 6.34. The summed E-state index contributed by atoms with van der Waals surface area (Å²) in [4.78, 5) is 50.1. The zero-order valence-corrected chi connectivity index (χ0v) is 23.3. The Kier molecular flexibility index (Phi) is 9.36. The summed E-state index contributed by atoms with van der Waals surface area (Å²) in [5, 5.41) is 11.7. The van der Waals surface area contributed by atoms with Crippen LogP contribution in [0.4, 0.5) is 10.5 Å². The standard InChI is InChI=1S/C28H22Cl2N2O7S/c1-2-38-22-12-17(11-20(30)25(22)39-15-16-6-5-7-18(10-16)27(35)36)13-23-26(34)32(28(37)40-23)14-24(33)31-21-9-4-3-8-19(21)29/h3-13H,2,14-15H2,1H3,(H,31,33)(H,35,36)/b23-13+. The lowest BCUT2D eigenvalue weighted by Crippen LogP contribution is -2.36. The Balaban J connectivity index is 1.50. The van der Waals surface area contributed by atoms with Gasteiger partial charge in [-0.1, -0.05) is 47.5 Å². The molecule has 0 bridgehead atoms. The second-order valence-corrected chi connectivity index (χ2v) is 10.2. The maximum atomic E-state index is 13.0. The zero-order chi connectivity index (χ0) is 28.8. The van der Waals surface area contributed by atoms with E-state index in [1.54, 1.807) is 55.5 Å². The minimum atomic E-state index is -1.05. The lowest BCUT2D eigenvalue weighted by molar-refractivity contribution is -0.127. The molecule has 0 radical (unpaired) electrons. The van der Waals surface area contributed by atoms with E-state index in [0.717, 1.165) is 4.90 Å². The molecule has 206 valence electrons. The minimum absolute atomic E-state index is 0.0371. The number of hydrogen-bond donors (Lipinski definition) is 2. The smallest absolute Gasteiger partial charge is 0.335 e. The molecule has 1 saturated heterocycles. The van der Waals surface area contributed by atoms with Gasteiger partial charge in [-0.05, 0) is 72.3 Å². The Bertz CT molecular complexity index is 1530. The Morgan fingerprint density at radius 2 is 1.80 bits per heavy atom. The first-order chi connectivity index (χ1) is 19.2. The number of halogens is 2. The SMILES string of the molecule is CCOc1cc(/C=C2/SC(=O)N(CC(=O)Nc3ccccc3Cl)C2=O)cc(Cl)c1OCc1cccc(C(=O)O)c1. The normalized spacial score (nSPS) is 14.0. The van der Waals surface area contributed by atoms with E-state index >= 15 is 0 Å². The van der Waals surface area contributed by atoms with Gasteiger partial charge in [-0.2, -0.15) is 0 Å². The van der Waals surface area contributed by atoms with Crippen LogP contribution in [-0.2, 0) is 16.2 Å². The van der Waals surface area contributed by atoms with Gasteiger partial charge in [0.05, 0.1) is 32.8 Å². The van der Waals surface area contributed by atoms with Crippen molar-refractivity contribution in [3.63, 3.8) is 0 Å². The Hall–Kier alpha value is -3.99. The summed E-state index contributed by atoms with van der Waals surface area (Å²) in [5.41, 5.74) is 1.59. The van der Waals surface area contributed by atoms with Crippen LogP contribution in [0.25, 0.3) is 6.08 Å². The molecule has 40 heavy (non-hydrogen) atoms. The Labute approximate surface area is 243 Å². The highest BCUT2D eigenvalue weighted by molar-refractivity contribution is 8.18. The zero-order valence-electron chi connectivity index (χ0n) is 21.0. The highest BCUT2D eigenvalue weighted by atomic mass is 35.5. The van der Waals surface area contributed by atoms with E-state index in [2.05, 4.69) is 5.32 Å². The molecule has 4 rings (SSSR count). The molecule has 0 saturated carbocycles. The largest absolute Gasteiger partial charge is 0.490 e. The lowest BCUT2D eigenvalue weighted by atomic mass is 10.1. The van der Waals surface area contributed by atoms with Crippen LogP contribution >= 0.6 is 35.0 Å². The number of thioether (sulfide) groups is 1.